The van der Waals surface area contributed by atoms with E-state index in [1.165, 1.54) is 13.3 Å². The molecule has 14 nitrogen and oxygen atoms in total. The number of anilines is 1. The Bertz CT molecular complexity index is 1100. The molecule has 1 N–H and O–H groups in total. The first-order valence-electron chi connectivity index (χ1n) is 11.8. The van der Waals surface area contributed by atoms with Crippen molar-refractivity contribution >= 4 is 22.9 Å². The number of fused-ring (bicyclic) bond motifs is 1. The fourth-order valence-corrected chi connectivity index (χ4v) is 3.82. The van der Waals surface area contributed by atoms with Crippen LogP contribution >= 0.6 is 0 Å². The monoisotopic (exact) mass is 517 g/mol. The number of hydrogen-bond acceptors (Lipinski definition) is 11. The number of carbonyl (C=O) groups is 1. The van der Waals surface area contributed by atoms with Crippen LogP contribution in [0.1, 0.15) is 39.8 Å². The smallest absolute Gasteiger partial charge is 0.237 e. The topological polar surface area (TPSA) is 156 Å². The van der Waals surface area contributed by atoms with Crippen molar-refractivity contribution in [3.8, 4) is 6.07 Å². The van der Waals surface area contributed by atoms with E-state index in [-0.39, 0.29) is 57.6 Å². The molecule has 1 saturated heterocycles. The van der Waals surface area contributed by atoms with Gasteiger partial charge in [-0.1, -0.05) is 6.92 Å². The molecule has 2 aromatic heterocycles. The summed E-state index contributed by atoms with van der Waals surface area (Å²) in [6.07, 6.45) is 0.881. The van der Waals surface area contributed by atoms with Gasteiger partial charge in [0.25, 0.3) is 0 Å². The molecule has 3 heterocycles. The zero-order chi connectivity index (χ0) is 26.6. The van der Waals surface area contributed by atoms with Crippen molar-refractivity contribution in [1.82, 2.24) is 19.5 Å². The van der Waals surface area contributed by atoms with Gasteiger partial charge in [-0.15, -0.1) is 0 Å². The molecule has 2 unspecified atom stereocenters. The zero-order valence-corrected chi connectivity index (χ0v) is 21.0. The highest BCUT2D eigenvalue weighted by molar-refractivity contribution is 5.95. The Balaban J connectivity index is 1.82. The Labute approximate surface area is 214 Å². The maximum absolute atomic E-state index is 11.6. The molecule has 0 spiro atoms. The molecule has 3 rings (SSSR count). The average molecular weight is 518 g/mol. The number of rotatable bonds is 15. The second-order valence-electron chi connectivity index (χ2n) is 8.01. The van der Waals surface area contributed by atoms with Crippen LogP contribution in [0, 0.1) is 17.9 Å². The summed E-state index contributed by atoms with van der Waals surface area (Å²) in [5.41, 5.74) is 0.838. The van der Waals surface area contributed by atoms with Crippen LogP contribution in [0.25, 0.3) is 16.0 Å². The lowest BCUT2D eigenvalue weighted by atomic mass is 10.1. The van der Waals surface area contributed by atoms with Crippen molar-refractivity contribution in [3.63, 3.8) is 0 Å². The number of nitrogens with zero attached hydrogens (tertiary/aromatic N) is 6. The van der Waals surface area contributed by atoms with Gasteiger partial charge < -0.3 is 38.6 Å². The minimum atomic E-state index is -0.696. The number of ether oxygens (including phenoxy) is 6. The fourth-order valence-electron chi connectivity index (χ4n) is 3.82. The quantitative estimate of drug-likeness (QED) is 0.209. The van der Waals surface area contributed by atoms with Gasteiger partial charge in [-0.2, -0.15) is 5.26 Å². The van der Waals surface area contributed by atoms with Crippen molar-refractivity contribution in [3.05, 3.63) is 24.1 Å². The second-order valence-corrected chi connectivity index (χ2v) is 8.01. The van der Waals surface area contributed by atoms with Gasteiger partial charge in [0, 0.05) is 6.92 Å². The lowest BCUT2D eigenvalue weighted by Gasteiger charge is -2.27. The van der Waals surface area contributed by atoms with Crippen LogP contribution in [-0.4, -0.2) is 83.4 Å². The third-order valence-corrected chi connectivity index (χ3v) is 5.39. The molecule has 0 saturated carbocycles. The number of nitriles is 1. The Kier molecular flexibility index (Phi) is 11.1. The molecule has 1 fully saturated rings. The highest BCUT2D eigenvalue weighted by Crippen LogP contribution is 2.37. The summed E-state index contributed by atoms with van der Waals surface area (Å²) in [6.45, 7) is 12.6. The van der Waals surface area contributed by atoms with E-state index in [9.17, 15) is 4.79 Å². The first kappa shape index (κ1) is 28.3. The maximum atomic E-state index is 11.6. The molecule has 2 aromatic rings. The van der Waals surface area contributed by atoms with Gasteiger partial charge >= 0.3 is 0 Å². The summed E-state index contributed by atoms with van der Waals surface area (Å²) in [4.78, 5) is 27.7. The first-order chi connectivity index (χ1) is 18.0. The molecule has 0 aromatic carbocycles. The lowest BCUT2D eigenvalue weighted by Crippen LogP contribution is -2.40. The molecule has 37 heavy (non-hydrogen) atoms. The molecule has 0 aliphatic carbocycles. The molecule has 200 valence electrons. The van der Waals surface area contributed by atoms with Crippen LogP contribution in [0.15, 0.2) is 12.7 Å². The largest absolute Gasteiger partial charge is 0.354 e. The first-order valence-corrected chi connectivity index (χ1v) is 11.8. The Morgan fingerprint density at radius 2 is 2.14 bits per heavy atom. The van der Waals surface area contributed by atoms with Crippen LogP contribution in [0.4, 0.5) is 5.82 Å². The Morgan fingerprint density at radius 1 is 1.30 bits per heavy atom. The molecular formula is C23H31N7O7. The molecular weight excluding hydrogens is 486 g/mol. The standard InChI is InChI=1S/C23H31N7O7/c1-5-17-19(36-16(3)34-10-8-25-4)20(35-14-33-13-32-9-6-7-24)23(37-17)30-12-28-18-21(29-15(2)31)26-11-27-22(18)30/h11-12,16-17,19-20,23H,5-6,8-10,13-14H2,1-3H3,(H,26,27,29,31)/t16?,17-,19+,20?,23-/m1/s1. The zero-order valence-electron chi connectivity index (χ0n) is 21.0. The van der Waals surface area contributed by atoms with Crippen molar-refractivity contribution in [2.45, 2.75) is 64.4 Å². The summed E-state index contributed by atoms with van der Waals surface area (Å²) in [6, 6.07) is 1.99. The second kappa shape index (κ2) is 14.5. The highest BCUT2D eigenvalue weighted by Gasteiger charge is 2.48. The molecule has 0 bridgehead atoms. The summed E-state index contributed by atoms with van der Waals surface area (Å²) >= 11 is 0. The van der Waals surface area contributed by atoms with Crippen molar-refractivity contribution < 1.29 is 33.2 Å². The summed E-state index contributed by atoms with van der Waals surface area (Å²) in [5.74, 6) is -0.0000304. The Hall–Kier alpha value is -3.24. The fraction of sp³-hybridized carbons (Fsp3) is 0.652. The van der Waals surface area contributed by atoms with Crippen LogP contribution in [0.2, 0.25) is 0 Å². The van der Waals surface area contributed by atoms with E-state index >= 15 is 0 Å². The van der Waals surface area contributed by atoms with Crippen LogP contribution in [0.5, 0.6) is 0 Å². The van der Waals surface area contributed by atoms with Crippen molar-refractivity contribution in [2.24, 2.45) is 0 Å². The number of hydrogen-bond donors (Lipinski definition) is 1. The predicted molar refractivity (Wildman–Crippen MR) is 127 cm³/mol. The summed E-state index contributed by atoms with van der Waals surface area (Å²) in [7, 11) is 0. The van der Waals surface area contributed by atoms with Gasteiger partial charge in [-0.3, -0.25) is 9.36 Å². The average Bonchev–Trinajstić information content (AvgIpc) is 3.45. The minimum Gasteiger partial charge on any atom is -0.354 e. The van der Waals surface area contributed by atoms with E-state index in [1.807, 2.05) is 13.0 Å². The van der Waals surface area contributed by atoms with E-state index in [1.54, 1.807) is 17.8 Å². The number of carbonyl (C=O) groups excluding carboxylic acids is 1. The van der Waals surface area contributed by atoms with Crippen LogP contribution in [0.3, 0.4) is 0 Å². The third-order valence-electron chi connectivity index (χ3n) is 5.39. The van der Waals surface area contributed by atoms with Crippen molar-refractivity contribution in [2.75, 3.05) is 38.7 Å². The third kappa shape index (κ3) is 7.62. The van der Waals surface area contributed by atoms with Gasteiger partial charge in [-0.25, -0.2) is 21.5 Å². The molecule has 1 aliphatic heterocycles. The molecule has 1 aliphatic rings. The number of aromatic nitrogens is 4. The number of amides is 1. The molecule has 0 radical (unpaired) electrons. The van der Waals surface area contributed by atoms with Gasteiger partial charge in [-0.05, 0) is 13.3 Å². The van der Waals surface area contributed by atoms with Crippen molar-refractivity contribution in [1.29, 1.82) is 5.26 Å². The lowest BCUT2D eigenvalue weighted by molar-refractivity contribution is -0.212. The molecule has 5 atom stereocenters. The number of imidazole rings is 1. The summed E-state index contributed by atoms with van der Waals surface area (Å²) < 4.78 is 36.6. The maximum Gasteiger partial charge on any atom is 0.237 e. The SMILES string of the molecule is [C-]#[N+]CCOC(C)O[C@@H]1C(OCOCOCCC#N)[C@H](n2cnc3c(NC(C)=O)ncnc32)O[C@@H]1CC. The van der Waals surface area contributed by atoms with E-state index in [0.717, 1.165) is 0 Å². The normalized spacial score (nSPS) is 22.0. The van der Waals surface area contributed by atoms with Gasteiger partial charge in [0.05, 0.1) is 31.5 Å². The van der Waals surface area contributed by atoms with E-state index in [0.29, 0.717) is 17.6 Å². The van der Waals surface area contributed by atoms with Gasteiger partial charge in [0.2, 0.25) is 12.5 Å². The van der Waals surface area contributed by atoms with E-state index < -0.39 is 24.7 Å². The van der Waals surface area contributed by atoms with Crippen LogP contribution in [-0.2, 0) is 33.2 Å². The molecule has 1 amide bonds. The summed E-state index contributed by atoms with van der Waals surface area (Å²) in [5, 5.41) is 11.3. The minimum absolute atomic E-state index is 0.0416. The van der Waals surface area contributed by atoms with Crippen LogP contribution < -0.4 is 5.32 Å². The predicted octanol–water partition coefficient (Wildman–Crippen LogP) is 2.01. The van der Waals surface area contributed by atoms with E-state index in [2.05, 4.69) is 25.1 Å². The number of nitrogens with one attached hydrogen (secondary N) is 1. The molecule has 14 heteroatoms. The van der Waals surface area contributed by atoms with Gasteiger partial charge in [0.1, 0.15) is 38.7 Å². The highest BCUT2D eigenvalue weighted by atomic mass is 16.8. The van der Waals surface area contributed by atoms with Gasteiger partial charge in [0.15, 0.2) is 29.5 Å². The van der Waals surface area contributed by atoms with E-state index in [4.69, 9.17) is 40.3 Å². The Morgan fingerprint density at radius 3 is 2.86 bits per heavy atom.